The molecule has 3 amide bonds. The fourth-order valence-electron chi connectivity index (χ4n) is 4.88. The highest BCUT2D eigenvalue weighted by Crippen LogP contribution is 2.30. The molecule has 1 aromatic heterocycles. The van der Waals surface area contributed by atoms with Crippen LogP contribution in [0.1, 0.15) is 33.6 Å². The van der Waals surface area contributed by atoms with Crippen molar-refractivity contribution in [1.82, 2.24) is 15.5 Å². The van der Waals surface area contributed by atoms with Crippen molar-refractivity contribution in [2.75, 3.05) is 31.5 Å². The van der Waals surface area contributed by atoms with Crippen molar-refractivity contribution in [3.63, 3.8) is 0 Å². The summed E-state index contributed by atoms with van der Waals surface area (Å²) in [6, 6.07) is 17.1. The van der Waals surface area contributed by atoms with Crippen LogP contribution in [0.15, 0.2) is 48.5 Å². The molecule has 8 heteroatoms. The van der Waals surface area contributed by atoms with E-state index >= 15 is 0 Å². The number of fused-ring (bicyclic) bond motifs is 4. The van der Waals surface area contributed by atoms with E-state index in [-0.39, 0.29) is 18.0 Å². The van der Waals surface area contributed by atoms with Gasteiger partial charge in [-0.05, 0) is 79.6 Å². The third-order valence-corrected chi connectivity index (χ3v) is 7.83. The average Bonchev–Trinajstić information content (AvgIpc) is 3.29. The second-order valence-corrected chi connectivity index (χ2v) is 10.1. The summed E-state index contributed by atoms with van der Waals surface area (Å²) in [7, 11) is 0. The Labute approximate surface area is 202 Å². The van der Waals surface area contributed by atoms with E-state index in [1.54, 1.807) is 6.07 Å². The molecule has 3 aromatic rings. The van der Waals surface area contributed by atoms with Crippen LogP contribution in [0.3, 0.4) is 0 Å². The van der Waals surface area contributed by atoms with E-state index in [2.05, 4.69) is 26.9 Å². The lowest BCUT2D eigenvalue weighted by Crippen LogP contribution is -2.57. The lowest BCUT2D eigenvalue weighted by molar-refractivity contribution is 0.0622. The number of carbonyl (C=O) groups excluding carboxylic acids is 2. The van der Waals surface area contributed by atoms with Crippen molar-refractivity contribution in [3.8, 4) is 6.07 Å². The van der Waals surface area contributed by atoms with Crippen LogP contribution in [-0.2, 0) is 6.42 Å². The Morgan fingerprint density at radius 3 is 2.74 bits per heavy atom. The number of anilines is 1. The van der Waals surface area contributed by atoms with Gasteiger partial charge in [0.2, 0.25) is 0 Å². The molecule has 174 valence electrons. The van der Waals surface area contributed by atoms with Crippen LogP contribution in [0.2, 0.25) is 0 Å². The number of nitrogens with zero attached hydrogens (tertiary/aromatic N) is 2. The summed E-state index contributed by atoms with van der Waals surface area (Å²) in [5.41, 5.74) is 2.30. The van der Waals surface area contributed by atoms with Gasteiger partial charge in [-0.3, -0.25) is 4.79 Å². The largest absolute Gasteiger partial charge is 0.347 e. The number of carbonyl (C=O) groups is 2. The summed E-state index contributed by atoms with van der Waals surface area (Å²) in [6.45, 7) is 3.72. The molecule has 7 nitrogen and oxygen atoms in total. The summed E-state index contributed by atoms with van der Waals surface area (Å²) in [4.78, 5) is 28.3. The molecule has 0 saturated carbocycles. The quantitative estimate of drug-likeness (QED) is 0.505. The first-order chi connectivity index (χ1) is 16.6. The summed E-state index contributed by atoms with van der Waals surface area (Å²) in [6.07, 6.45) is 2.98. The summed E-state index contributed by atoms with van der Waals surface area (Å²) >= 11 is 1.45. The Morgan fingerprint density at radius 2 is 1.97 bits per heavy atom. The van der Waals surface area contributed by atoms with Crippen LogP contribution >= 0.6 is 11.3 Å². The molecule has 2 bridgehead atoms. The first kappa shape index (κ1) is 22.4. The number of nitriles is 1. The van der Waals surface area contributed by atoms with Gasteiger partial charge in [-0.1, -0.05) is 18.2 Å². The number of urea groups is 1. The molecule has 0 aliphatic carbocycles. The molecule has 3 fully saturated rings. The Bertz CT molecular complexity index is 1260. The summed E-state index contributed by atoms with van der Waals surface area (Å²) in [5, 5.41) is 18.9. The van der Waals surface area contributed by atoms with E-state index in [0.717, 1.165) is 35.3 Å². The predicted octanol–water partition coefficient (Wildman–Crippen LogP) is 3.96. The Balaban J connectivity index is 1.16. The molecule has 0 radical (unpaired) electrons. The minimum absolute atomic E-state index is 0.00679. The number of hydrogen-bond acceptors (Lipinski definition) is 5. The zero-order valence-corrected chi connectivity index (χ0v) is 19.7. The zero-order chi connectivity index (χ0) is 23.5. The molecule has 3 saturated heterocycles. The van der Waals surface area contributed by atoms with E-state index in [1.165, 1.54) is 24.2 Å². The molecule has 0 unspecified atom stereocenters. The molecule has 1 atom stereocenters. The number of nitrogens with one attached hydrogen (secondary N) is 3. The first-order valence-corrected chi connectivity index (χ1v) is 12.5. The van der Waals surface area contributed by atoms with E-state index in [9.17, 15) is 9.59 Å². The monoisotopic (exact) mass is 473 g/mol. The third-order valence-electron chi connectivity index (χ3n) is 6.73. The predicted molar refractivity (Wildman–Crippen MR) is 134 cm³/mol. The molecule has 34 heavy (non-hydrogen) atoms. The lowest BCUT2D eigenvalue weighted by atomic mass is 9.84. The number of rotatable bonds is 6. The van der Waals surface area contributed by atoms with Crippen LogP contribution in [0.25, 0.3) is 10.1 Å². The Hall–Kier alpha value is -3.41. The van der Waals surface area contributed by atoms with Crippen molar-refractivity contribution in [2.45, 2.75) is 25.3 Å². The van der Waals surface area contributed by atoms with E-state index in [1.807, 2.05) is 42.5 Å². The maximum atomic E-state index is 12.9. The highest BCUT2D eigenvalue weighted by molar-refractivity contribution is 7.20. The standard InChI is InChI=1S/C26H27N5O2S/c27-15-18-3-1-2-17(12-18)6-9-28-26(33)29-21-5-4-20-13-24(34-23(20)14-21)25(32)30-22-16-31-10-7-19(22)8-11-31/h1-5,12-14,19,22H,6-11,16H2,(H,30,32)(H2,28,29,33)/t22-/m0/s1. The van der Waals surface area contributed by atoms with Gasteiger partial charge in [-0.25, -0.2) is 4.79 Å². The maximum Gasteiger partial charge on any atom is 0.319 e. The van der Waals surface area contributed by atoms with Gasteiger partial charge < -0.3 is 20.9 Å². The molecule has 2 aromatic carbocycles. The Morgan fingerprint density at radius 1 is 1.12 bits per heavy atom. The van der Waals surface area contributed by atoms with Crippen molar-refractivity contribution in [2.24, 2.45) is 5.92 Å². The lowest BCUT2D eigenvalue weighted by Gasteiger charge is -2.44. The van der Waals surface area contributed by atoms with Crippen molar-refractivity contribution in [1.29, 1.82) is 5.26 Å². The second-order valence-electron chi connectivity index (χ2n) is 9.02. The fraction of sp³-hybridized carbons (Fsp3) is 0.346. The molecular formula is C26H27N5O2S. The fourth-order valence-corrected chi connectivity index (χ4v) is 5.89. The number of benzene rings is 2. The third kappa shape index (κ3) is 5.06. The van der Waals surface area contributed by atoms with Gasteiger partial charge in [-0.15, -0.1) is 11.3 Å². The van der Waals surface area contributed by atoms with Crippen molar-refractivity contribution >= 4 is 39.0 Å². The summed E-state index contributed by atoms with van der Waals surface area (Å²) in [5.74, 6) is 0.584. The van der Waals surface area contributed by atoms with E-state index in [0.29, 0.717) is 35.0 Å². The number of thiophene rings is 1. The molecule has 3 aliphatic heterocycles. The van der Waals surface area contributed by atoms with Crippen LogP contribution in [0, 0.1) is 17.2 Å². The van der Waals surface area contributed by atoms with Gasteiger partial charge in [-0.2, -0.15) is 5.26 Å². The van der Waals surface area contributed by atoms with Gasteiger partial charge in [0, 0.05) is 29.5 Å². The minimum Gasteiger partial charge on any atom is -0.347 e. The highest BCUT2D eigenvalue weighted by atomic mass is 32.1. The van der Waals surface area contributed by atoms with Crippen LogP contribution in [0.4, 0.5) is 10.5 Å². The van der Waals surface area contributed by atoms with Gasteiger partial charge in [0.25, 0.3) is 5.91 Å². The average molecular weight is 474 g/mol. The normalized spacial score (nSPS) is 21.1. The number of hydrogen-bond donors (Lipinski definition) is 3. The van der Waals surface area contributed by atoms with Gasteiger partial charge >= 0.3 is 6.03 Å². The van der Waals surface area contributed by atoms with E-state index in [4.69, 9.17) is 5.26 Å². The molecule has 4 heterocycles. The molecule has 6 rings (SSSR count). The summed E-state index contributed by atoms with van der Waals surface area (Å²) < 4.78 is 0.963. The van der Waals surface area contributed by atoms with Crippen LogP contribution in [-0.4, -0.2) is 49.1 Å². The SMILES string of the molecule is N#Cc1cccc(CCNC(=O)Nc2ccc3cc(C(=O)N[C@H]4CN5CCC4CC5)sc3c2)c1. The van der Waals surface area contributed by atoms with Crippen molar-refractivity contribution < 1.29 is 9.59 Å². The molecule has 0 spiro atoms. The molecule has 3 aliphatic rings. The number of amides is 3. The first-order valence-electron chi connectivity index (χ1n) is 11.7. The van der Waals surface area contributed by atoms with Crippen molar-refractivity contribution in [3.05, 3.63) is 64.5 Å². The van der Waals surface area contributed by atoms with Crippen LogP contribution < -0.4 is 16.0 Å². The molecular weight excluding hydrogens is 446 g/mol. The Kier molecular flexibility index (Phi) is 6.48. The minimum atomic E-state index is -0.285. The highest BCUT2D eigenvalue weighted by Gasteiger charge is 2.35. The second kappa shape index (κ2) is 9.84. The topological polar surface area (TPSA) is 97.3 Å². The smallest absolute Gasteiger partial charge is 0.319 e. The molecule has 3 N–H and O–H groups in total. The van der Waals surface area contributed by atoms with E-state index < -0.39 is 0 Å². The maximum absolute atomic E-state index is 12.9. The van der Waals surface area contributed by atoms with Gasteiger partial charge in [0.15, 0.2) is 0 Å². The zero-order valence-electron chi connectivity index (χ0n) is 18.8. The van der Waals surface area contributed by atoms with Crippen LogP contribution in [0.5, 0.6) is 0 Å². The number of piperidine rings is 3. The van der Waals surface area contributed by atoms with Gasteiger partial charge in [0.05, 0.1) is 16.5 Å². The van der Waals surface area contributed by atoms with Gasteiger partial charge in [0.1, 0.15) is 0 Å².